The Morgan fingerprint density at radius 2 is 1.95 bits per heavy atom. The zero-order valence-corrected chi connectivity index (χ0v) is 11.8. The van der Waals surface area contributed by atoms with Crippen molar-refractivity contribution >= 4 is 5.69 Å². The normalized spacial score (nSPS) is 12.0. The van der Waals surface area contributed by atoms with Crippen molar-refractivity contribution in [2.45, 2.75) is 19.9 Å². The molecule has 0 saturated heterocycles. The number of hydrogen-bond acceptors (Lipinski definition) is 3. The molecule has 0 bridgehead atoms. The molecule has 0 heterocycles. The number of aryl methyl sites for hydroxylation is 1. The highest BCUT2D eigenvalue weighted by atomic mass is 19.1. The van der Waals surface area contributed by atoms with Crippen molar-refractivity contribution in [1.29, 1.82) is 0 Å². The summed E-state index contributed by atoms with van der Waals surface area (Å²) in [4.78, 5) is 0. The minimum atomic E-state index is -0.434. The van der Waals surface area contributed by atoms with Gasteiger partial charge >= 0.3 is 0 Å². The van der Waals surface area contributed by atoms with E-state index in [2.05, 4.69) is 5.32 Å². The number of hydrogen-bond donors (Lipinski definition) is 2. The first-order chi connectivity index (χ1) is 9.51. The van der Waals surface area contributed by atoms with Gasteiger partial charge in [0.2, 0.25) is 0 Å². The van der Waals surface area contributed by atoms with Gasteiger partial charge < -0.3 is 15.2 Å². The van der Waals surface area contributed by atoms with Crippen LogP contribution < -0.4 is 10.1 Å². The second-order valence-corrected chi connectivity index (χ2v) is 4.78. The van der Waals surface area contributed by atoms with E-state index >= 15 is 0 Å². The number of methoxy groups -OCH3 is 1. The molecule has 20 heavy (non-hydrogen) atoms. The summed E-state index contributed by atoms with van der Waals surface area (Å²) in [6.07, 6.45) is 0. The van der Waals surface area contributed by atoms with E-state index in [4.69, 9.17) is 4.74 Å². The van der Waals surface area contributed by atoms with Gasteiger partial charge in [-0.15, -0.1) is 0 Å². The monoisotopic (exact) mass is 275 g/mol. The zero-order valence-electron chi connectivity index (χ0n) is 11.8. The van der Waals surface area contributed by atoms with Crippen LogP contribution in [0.2, 0.25) is 0 Å². The summed E-state index contributed by atoms with van der Waals surface area (Å²) in [5.41, 5.74) is 2.39. The van der Waals surface area contributed by atoms with Crippen LogP contribution in [-0.4, -0.2) is 12.2 Å². The quantitative estimate of drug-likeness (QED) is 0.885. The number of nitrogens with one attached hydrogen (secondary N) is 1. The van der Waals surface area contributed by atoms with E-state index < -0.39 is 5.82 Å². The van der Waals surface area contributed by atoms with Gasteiger partial charge in [-0.3, -0.25) is 0 Å². The van der Waals surface area contributed by atoms with Crippen LogP contribution in [0.25, 0.3) is 0 Å². The summed E-state index contributed by atoms with van der Waals surface area (Å²) in [5.74, 6) is 0.207. The molecule has 0 fully saturated rings. The molecule has 0 aromatic heterocycles. The molecule has 0 aliphatic rings. The molecule has 2 aromatic carbocycles. The first-order valence-electron chi connectivity index (χ1n) is 6.41. The third-order valence-electron chi connectivity index (χ3n) is 3.18. The second kappa shape index (κ2) is 5.82. The van der Waals surface area contributed by atoms with Gasteiger partial charge in [0.05, 0.1) is 18.8 Å². The Labute approximate surface area is 118 Å². The van der Waals surface area contributed by atoms with Crippen LogP contribution in [0.5, 0.6) is 11.5 Å². The van der Waals surface area contributed by atoms with Crippen molar-refractivity contribution in [2.75, 3.05) is 12.4 Å². The van der Waals surface area contributed by atoms with Gasteiger partial charge in [-0.05, 0) is 37.6 Å². The number of halogens is 1. The van der Waals surface area contributed by atoms with Crippen molar-refractivity contribution in [3.05, 3.63) is 53.3 Å². The minimum Gasteiger partial charge on any atom is -0.508 e. The Morgan fingerprint density at radius 3 is 2.60 bits per heavy atom. The maximum Gasteiger partial charge on any atom is 0.142 e. The lowest BCUT2D eigenvalue weighted by Crippen LogP contribution is -2.09. The highest BCUT2D eigenvalue weighted by Gasteiger charge is 2.13. The Kier molecular flexibility index (Phi) is 4.13. The lowest BCUT2D eigenvalue weighted by molar-refractivity contribution is 0.415. The number of phenols is 1. The smallest absolute Gasteiger partial charge is 0.142 e. The molecule has 0 amide bonds. The molecule has 2 rings (SSSR count). The molecular weight excluding hydrogens is 257 g/mol. The van der Waals surface area contributed by atoms with Crippen molar-refractivity contribution in [1.82, 2.24) is 0 Å². The van der Waals surface area contributed by atoms with Crippen molar-refractivity contribution in [3.8, 4) is 11.5 Å². The van der Waals surface area contributed by atoms with Crippen molar-refractivity contribution in [3.63, 3.8) is 0 Å². The Balaban J connectivity index is 2.25. The van der Waals surface area contributed by atoms with Gasteiger partial charge in [0, 0.05) is 11.6 Å². The third kappa shape index (κ3) is 3.02. The molecule has 0 spiro atoms. The van der Waals surface area contributed by atoms with Crippen LogP contribution in [0, 0.1) is 12.7 Å². The SMILES string of the molecule is COc1cc(C)ccc1NC(C)c1ccc(O)cc1F. The molecule has 2 aromatic rings. The number of phenolic OH excluding ortho intramolecular Hbond substituents is 1. The molecule has 0 saturated carbocycles. The Morgan fingerprint density at radius 1 is 1.20 bits per heavy atom. The summed E-state index contributed by atoms with van der Waals surface area (Å²) in [6, 6.07) is 9.70. The minimum absolute atomic E-state index is 0.0774. The number of benzene rings is 2. The summed E-state index contributed by atoms with van der Waals surface area (Å²) < 4.78 is 19.1. The van der Waals surface area contributed by atoms with E-state index in [1.54, 1.807) is 13.2 Å². The Hall–Kier alpha value is -2.23. The lowest BCUT2D eigenvalue weighted by atomic mass is 10.1. The topological polar surface area (TPSA) is 41.5 Å². The molecule has 0 aliphatic heterocycles. The van der Waals surface area contributed by atoms with Crippen LogP contribution in [0.15, 0.2) is 36.4 Å². The van der Waals surface area contributed by atoms with Crippen molar-refractivity contribution in [2.24, 2.45) is 0 Å². The summed E-state index contributed by atoms with van der Waals surface area (Å²) >= 11 is 0. The van der Waals surface area contributed by atoms with Crippen LogP contribution >= 0.6 is 0 Å². The van der Waals surface area contributed by atoms with Crippen LogP contribution in [0.1, 0.15) is 24.1 Å². The van der Waals surface area contributed by atoms with Gasteiger partial charge in [0.25, 0.3) is 0 Å². The van der Waals surface area contributed by atoms with Crippen LogP contribution in [0.4, 0.5) is 10.1 Å². The van der Waals surface area contributed by atoms with Crippen molar-refractivity contribution < 1.29 is 14.2 Å². The van der Waals surface area contributed by atoms with E-state index in [1.807, 2.05) is 32.0 Å². The average Bonchev–Trinajstić information content (AvgIpc) is 2.40. The fourth-order valence-electron chi connectivity index (χ4n) is 2.10. The van der Waals surface area contributed by atoms with Crippen LogP contribution in [-0.2, 0) is 0 Å². The molecule has 4 heteroatoms. The van der Waals surface area contributed by atoms with Gasteiger partial charge in [-0.2, -0.15) is 0 Å². The zero-order chi connectivity index (χ0) is 14.7. The standard InChI is InChI=1S/C16H18FNO2/c1-10-4-7-15(16(8-10)20-3)18-11(2)13-6-5-12(19)9-14(13)17/h4-9,11,18-19H,1-3H3. The Bertz CT molecular complexity index is 613. The number of rotatable bonds is 4. The number of aromatic hydroxyl groups is 1. The maximum atomic E-state index is 13.8. The van der Waals surface area contributed by atoms with Crippen LogP contribution in [0.3, 0.4) is 0 Å². The number of ether oxygens (including phenoxy) is 1. The average molecular weight is 275 g/mol. The van der Waals surface area contributed by atoms with E-state index in [0.717, 1.165) is 23.1 Å². The summed E-state index contributed by atoms with van der Waals surface area (Å²) in [7, 11) is 1.60. The van der Waals surface area contributed by atoms with E-state index in [0.29, 0.717) is 5.56 Å². The highest BCUT2D eigenvalue weighted by Crippen LogP contribution is 2.30. The van der Waals surface area contributed by atoms with E-state index in [1.165, 1.54) is 6.07 Å². The number of anilines is 1. The fourth-order valence-corrected chi connectivity index (χ4v) is 2.10. The molecule has 106 valence electrons. The molecule has 0 radical (unpaired) electrons. The molecule has 2 N–H and O–H groups in total. The largest absolute Gasteiger partial charge is 0.508 e. The van der Waals surface area contributed by atoms with Gasteiger partial charge in [-0.25, -0.2) is 4.39 Å². The van der Waals surface area contributed by atoms with Gasteiger partial charge in [0.1, 0.15) is 17.3 Å². The van der Waals surface area contributed by atoms with Gasteiger partial charge in [-0.1, -0.05) is 12.1 Å². The van der Waals surface area contributed by atoms with Gasteiger partial charge in [0.15, 0.2) is 0 Å². The molecular formula is C16H18FNO2. The summed E-state index contributed by atoms with van der Waals surface area (Å²) in [5, 5.41) is 12.5. The summed E-state index contributed by atoms with van der Waals surface area (Å²) in [6.45, 7) is 3.84. The predicted octanol–water partition coefficient (Wildman–Crippen LogP) is 4.02. The molecule has 0 aliphatic carbocycles. The lowest BCUT2D eigenvalue weighted by Gasteiger charge is -2.19. The highest BCUT2D eigenvalue weighted by molar-refractivity contribution is 5.58. The first kappa shape index (κ1) is 14.2. The molecule has 1 unspecified atom stereocenters. The third-order valence-corrected chi connectivity index (χ3v) is 3.18. The van der Waals surface area contributed by atoms with E-state index in [9.17, 15) is 9.50 Å². The van der Waals surface area contributed by atoms with E-state index in [-0.39, 0.29) is 11.8 Å². The molecule has 3 nitrogen and oxygen atoms in total. The molecule has 1 atom stereocenters. The first-order valence-corrected chi connectivity index (χ1v) is 6.41. The fraction of sp³-hybridized carbons (Fsp3) is 0.250. The maximum absolute atomic E-state index is 13.8. The second-order valence-electron chi connectivity index (χ2n) is 4.78. The predicted molar refractivity (Wildman–Crippen MR) is 77.8 cm³/mol.